The highest BCUT2D eigenvalue weighted by molar-refractivity contribution is 7.92. The quantitative estimate of drug-likeness (QED) is 0.793. The fourth-order valence-electron chi connectivity index (χ4n) is 1.46. The minimum atomic E-state index is -4.95. The normalized spacial score (nSPS) is 12.1. The van der Waals surface area contributed by atoms with Crippen LogP contribution in [0.3, 0.4) is 0 Å². The van der Waals surface area contributed by atoms with E-state index in [1.165, 1.54) is 12.1 Å². The van der Waals surface area contributed by atoms with Gasteiger partial charge in [-0.05, 0) is 12.1 Å². The van der Waals surface area contributed by atoms with E-state index >= 15 is 0 Å². The standard InChI is InChI=1S/C10H9F3N4O3S/c11-10(12,13)20-7-4-2-1-3-6(7)17-21(18,19)8-5-15-16-9(8)14/h1-5,17H,(H3,14,15,16). The lowest BCUT2D eigenvalue weighted by molar-refractivity contribution is -0.274. The molecule has 0 aliphatic rings. The first kappa shape index (κ1) is 15.0. The Kier molecular flexibility index (Phi) is 3.68. The number of rotatable bonds is 4. The van der Waals surface area contributed by atoms with E-state index in [1.54, 1.807) is 0 Å². The second-order valence-electron chi connectivity index (χ2n) is 3.80. The van der Waals surface area contributed by atoms with Crippen molar-refractivity contribution in [1.82, 2.24) is 10.2 Å². The maximum absolute atomic E-state index is 12.3. The molecular weight excluding hydrogens is 313 g/mol. The summed E-state index contributed by atoms with van der Waals surface area (Å²) in [5.41, 5.74) is 4.99. The number of hydrogen-bond donors (Lipinski definition) is 3. The number of alkyl halides is 3. The monoisotopic (exact) mass is 322 g/mol. The van der Waals surface area contributed by atoms with Gasteiger partial charge in [-0.25, -0.2) is 8.42 Å². The number of para-hydroxylation sites is 2. The van der Waals surface area contributed by atoms with Gasteiger partial charge in [-0.3, -0.25) is 9.82 Å². The maximum Gasteiger partial charge on any atom is 0.573 e. The smallest absolute Gasteiger partial charge is 0.404 e. The van der Waals surface area contributed by atoms with Gasteiger partial charge in [-0.2, -0.15) is 5.10 Å². The van der Waals surface area contributed by atoms with Crippen molar-refractivity contribution in [2.45, 2.75) is 11.3 Å². The zero-order chi connectivity index (χ0) is 15.7. The lowest BCUT2D eigenvalue weighted by Crippen LogP contribution is -2.20. The summed E-state index contributed by atoms with van der Waals surface area (Å²) in [4.78, 5) is -0.385. The molecule has 2 aromatic rings. The Hall–Kier alpha value is -2.43. The van der Waals surface area contributed by atoms with Crippen LogP contribution in [0.5, 0.6) is 5.75 Å². The average molecular weight is 322 g/mol. The molecule has 21 heavy (non-hydrogen) atoms. The van der Waals surface area contributed by atoms with Crippen molar-refractivity contribution < 1.29 is 26.3 Å². The first-order valence-electron chi connectivity index (χ1n) is 5.35. The zero-order valence-corrected chi connectivity index (χ0v) is 11.0. The Morgan fingerprint density at radius 3 is 2.52 bits per heavy atom. The SMILES string of the molecule is Nc1[nH]ncc1S(=O)(=O)Nc1ccccc1OC(F)(F)F. The van der Waals surface area contributed by atoms with E-state index in [0.29, 0.717) is 0 Å². The lowest BCUT2D eigenvalue weighted by Gasteiger charge is -2.14. The first-order chi connectivity index (χ1) is 9.69. The number of halogens is 3. The van der Waals surface area contributed by atoms with Crippen molar-refractivity contribution in [3.8, 4) is 5.75 Å². The summed E-state index contributed by atoms with van der Waals surface area (Å²) >= 11 is 0. The summed E-state index contributed by atoms with van der Waals surface area (Å²) in [6.45, 7) is 0. The van der Waals surface area contributed by atoms with E-state index < -0.39 is 22.1 Å². The number of nitrogens with zero attached hydrogens (tertiary/aromatic N) is 1. The third-order valence-electron chi connectivity index (χ3n) is 2.28. The number of ether oxygens (including phenoxy) is 1. The molecule has 0 radical (unpaired) electrons. The average Bonchev–Trinajstić information content (AvgIpc) is 2.77. The van der Waals surface area contributed by atoms with E-state index in [1.807, 2.05) is 4.72 Å². The van der Waals surface area contributed by atoms with Crippen LogP contribution in [0.15, 0.2) is 35.4 Å². The molecule has 0 fully saturated rings. The van der Waals surface area contributed by atoms with Crippen LogP contribution < -0.4 is 15.2 Å². The molecule has 4 N–H and O–H groups in total. The van der Waals surface area contributed by atoms with Gasteiger partial charge in [0.25, 0.3) is 10.0 Å². The molecule has 0 spiro atoms. The molecule has 1 heterocycles. The van der Waals surface area contributed by atoms with Crippen LogP contribution in [0.25, 0.3) is 0 Å². The maximum atomic E-state index is 12.3. The van der Waals surface area contributed by atoms with Crippen LogP contribution in [0, 0.1) is 0 Å². The van der Waals surface area contributed by atoms with Crippen molar-refractivity contribution in [1.29, 1.82) is 0 Å². The van der Waals surface area contributed by atoms with Crippen molar-refractivity contribution in [3.05, 3.63) is 30.5 Å². The van der Waals surface area contributed by atoms with Crippen molar-refractivity contribution in [2.75, 3.05) is 10.5 Å². The zero-order valence-electron chi connectivity index (χ0n) is 10.2. The number of nitrogens with two attached hydrogens (primary N) is 1. The highest BCUT2D eigenvalue weighted by Gasteiger charge is 2.32. The van der Waals surface area contributed by atoms with Crippen LogP contribution in [0.1, 0.15) is 0 Å². The third-order valence-corrected chi connectivity index (χ3v) is 3.67. The van der Waals surface area contributed by atoms with Gasteiger partial charge in [0.1, 0.15) is 10.7 Å². The molecule has 0 unspecified atom stereocenters. The Balaban J connectivity index is 2.34. The van der Waals surface area contributed by atoms with Crippen LogP contribution >= 0.6 is 0 Å². The molecule has 0 saturated heterocycles. The predicted molar refractivity (Wildman–Crippen MR) is 66.9 cm³/mol. The largest absolute Gasteiger partial charge is 0.573 e. The Morgan fingerprint density at radius 2 is 1.95 bits per heavy atom. The number of nitrogens with one attached hydrogen (secondary N) is 2. The van der Waals surface area contributed by atoms with Gasteiger partial charge in [0.05, 0.1) is 11.9 Å². The van der Waals surface area contributed by atoms with E-state index in [9.17, 15) is 21.6 Å². The third kappa shape index (κ3) is 3.56. The molecule has 0 bridgehead atoms. The summed E-state index contributed by atoms with van der Waals surface area (Å²) in [5.74, 6) is -0.924. The molecule has 0 aliphatic carbocycles. The van der Waals surface area contributed by atoms with Crippen LogP contribution in [-0.4, -0.2) is 25.0 Å². The lowest BCUT2D eigenvalue weighted by atomic mass is 10.3. The van der Waals surface area contributed by atoms with Crippen LogP contribution in [0.2, 0.25) is 0 Å². The summed E-state index contributed by atoms with van der Waals surface area (Å²) in [6, 6.07) is 4.71. The van der Waals surface area contributed by atoms with Gasteiger partial charge in [-0.15, -0.1) is 13.2 Å². The minimum absolute atomic E-state index is 0.239. The Bertz CT molecular complexity index is 742. The number of aromatic nitrogens is 2. The first-order valence-corrected chi connectivity index (χ1v) is 6.84. The summed E-state index contributed by atoms with van der Waals surface area (Å²) < 4.78 is 66.5. The number of H-pyrrole nitrogens is 1. The van der Waals surface area contributed by atoms with Gasteiger partial charge in [0.15, 0.2) is 5.75 Å². The molecule has 7 nitrogen and oxygen atoms in total. The summed E-state index contributed by atoms with van der Waals surface area (Å²) in [6.07, 6.45) is -4.01. The highest BCUT2D eigenvalue weighted by atomic mass is 32.2. The van der Waals surface area contributed by atoms with Gasteiger partial charge in [-0.1, -0.05) is 12.1 Å². The van der Waals surface area contributed by atoms with Gasteiger partial charge in [0.2, 0.25) is 0 Å². The second kappa shape index (κ2) is 5.16. The number of sulfonamides is 1. The summed E-state index contributed by atoms with van der Waals surface area (Å²) in [5, 5.41) is 5.64. The van der Waals surface area contributed by atoms with Gasteiger partial charge in [0, 0.05) is 0 Å². The number of anilines is 2. The summed E-state index contributed by atoms with van der Waals surface area (Å²) in [7, 11) is -4.19. The topological polar surface area (TPSA) is 110 Å². The Morgan fingerprint density at radius 1 is 1.29 bits per heavy atom. The van der Waals surface area contributed by atoms with Gasteiger partial charge < -0.3 is 10.5 Å². The minimum Gasteiger partial charge on any atom is -0.404 e. The predicted octanol–water partition coefficient (Wildman–Crippen LogP) is 1.69. The van der Waals surface area contributed by atoms with Crippen molar-refractivity contribution >= 4 is 21.5 Å². The molecule has 114 valence electrons. The fraction of sp³-hybridized carbons (Fsp3) is 0.100. The molecule has 2 rings (SSSR count). The molecule has 0 aliphatic heterocycles. The molecule has 1 aromatic carbocycles. The van der Waals surface area contributed by atoms with Crippen LogP contribution in [-0.2, 0) is 10.0 Å². The van der Waals surface area contributed by atoms with E-state index in [-0.39, 0.29) is 16.4 Å². The van der Waals surface area contributed by atoms with E-state index in [0.717, 1.165) is 18.3 Å². The number of nitrogen functional groups attached to an aromatic ring is 1. The van der Waals surface area contributed by atoms with Crippen molar-refractivity contribution in [3.63, 3.8) is 0 Å². The Labute approximate surface area is 117 Å². The molecule has 0 atom stereocenters. The van der Waals surface area contributed by atoms with Crippen molar-refractivity contribution in [2.24, 2.45) is 0 Å². The molecule has 0 amide bonds. The number of hydrogen-bond acceptors (Lipinski definition) is 5. The second-order valence-corrected chi connectivity index (χ2v) is 5.45. The van der Waals surface area contributed by atoms with E-state index in [2.05, 4.69) is 14.9 Å². The van der Waals surface area contributed by atoms with E-state index in [4.69, 9.17) is 5.73 Å². The van der Waals surface area contributed by atoms with Crippen LogP contribution in [0.4, 0.5) is 24.7 Å². The molecule has 1 aromatic heterocycles. The number of benzene rings is 1. The highest BCUT2D eigenvalue weighted by Crippen LogP contribution is 2.31. The molecule has 0 saturated carbocycles. The van der Waals surface area contributed by atoms with Gasteiger partial charge >= 0.3 is 6.36 Å². The molecule has 11 heteroatoms. The fourth-order valence-corrected chi connectivity index (χ4v) is 2.56. The molecular formula is C10H9F3N4O3S. The number of aromatic amines is 1.